The highest BCUT2D eigenvalue weighted by molar-refractivity contribution is 5.91. The SMILES string of the molecule is CC[C@H](C)c1ccccc1NC(=O)Cn1nnc(-c2ccc(C(C)C)cc2)n1. The Morgan fingerprint density at radius 3 is 2.46 bits per heavy atom. The van der Waals surface area contributed by atoms with Gasteiger partial charge in [0.2, 0.25) is 11.7 Å². The number of tetrazole rings is 1. The first-order valence-corrected chi connectivity index (χ1v) is 9.74. The second-order valence-electron chi connectivity index (χ2n) is 7.36. The van der Waals surface area contributed by atoms with Gasteiger partial charge in [-0.05, 0) is 40.7 Å². The quantitative estimate of drug-likeness (QED) is 0.652. The molecule has 146 valence electrons. The van der Waals surface area contributed by atoms with Crippen LogP contribution in [0.25, 0.3) is 11.4 Å². The molecule has 0 aliphatic carbocycles. The summed E-state index contributed by atoms with van der Waals surface area (Å²) in [5.74, 6) is 1.19. The van der Waals surface area contributed by atoms with Gasteiger partial charge in [-0.3, -0.25) is 4.79 Å². The summed E-state index contributed by atoms with van der Waals surface area (Å²) in [6.07, 6.45) is 1.01. The van der Waals surface area contributed by atoms with E-state index in [-0.39, 0.29) is 12.5 Å². The Labute approximate surface area is 166 Å². The van der Waals surface area contributed by atoms with Crippen molar-refractivity contribution in [2.24, 2.45) is 0 Å². The first kappa shape index (κ1) is 19.7. The predicted octanol–water partition coefficient (Wildman–Crippen LogP) is 4.62. The molecule has 6 heteroatoms. The monoisotopic (exact) mass is 377 g/mol. The van der Waals surface area contributed by atoms with E-state index in [2.05, 4.69) is 66.6 Å². The van der Waals surface area contributed by atoms with Crippen LogP contribution in [0, 0.1) is 0 Å². The molecule has 2 aromatic carbocycles. The minimum atomic E-state index is -0.171. The number of carbonyl (C=O) groups is 1. The van der Waals surface area contributed by atoms with E-state index in [1.54, 1.807) is 0 Å². The first-order chi connectivity index (χ1) is 13.5. The van der Waals surface area contributed by atoms with Crippen molar-refractivity contribution < 1.29 is 4.79 Å². The normalized spacial score (nSPS) is 12.2. The molecule has 28 heavy (non-hydrogen) atoms. The lowest BCUT2D eigenvalue weighted by molar-refractivity contribution is -0.117. The van der Waals surface area contributed by atoms with Gasteiger partial charge in [-0.15, -0.1) is 10.2 Å². The third-order valence-corrected chi connectivity index (χ3v) is 4.95. The Kier molecular flexibility index (Phi) is 6.19. The van der Waals surface area contributed by atoms with E-state index in [1.807, 2.05) is 30.3 Å². The number of nitrogens with one attached hydrogen (secondary N) is 1. The van der Waals surface area contributed by atoms with Crippen LogP contribution in [0.1, 0.15) is 57.1 Å². The predicted molar refractivity (Wildman–Crippen MR) is 111 cm³/mol. The number of anilines is 1. The molecule has 0 fully saturated rings. The minimum Gasteiger partial charge on any atom is -0.324 e. The molecule has 1 atom stereocenters. The van der Waals surface area contributed by atoms with E-state index in [4.69, 9.17) is 0 Å². The van der Waals surface area contributed by atoms with Crippen LogP contribution in [-0.4, -0.2) is 26.1 Å². The zero-order valence-electron chi connectivity index (χ0n) is 16.9. The summed E-state index contributed by atoms with van der Waals surface area (Å²) in [6.45, 7) is 8.62. The van der Waals surface area contributed by atoms with Crippen LogP contribution in [-0.2, 0) is 11.3 Å². The molecule has 0 aliphatic rings. The van der Waals surface area contributed by atoms with E-state index in [0.717, 1.165) is 23.2 Å². The van der Waals surface area contributed by atoms with Gasteiger partial charge in [0.25, 0.3) is 0 Å². The lowest BCUT2D eigenvalue weighted by atomic mass is 9.97. The summed E-state index contributed by atoms with van der Waals surface area (Å²) in [5, 5.41) is 15.4. The highest BCUT2D eigenvalue weighted by Gasteiger charge is 2.13. The van der Waals surface area contributed by atoms with Gasteiger partial charge in [0.1, 0.15) is 6.54 Å². The number of rotatable bonds is 7. The summed E-state index contributed by atoms with van der Waals surface area (Å²) in [4.78, 5) is 13.8. The van der Waals surface area contributed by atoms with E-state index in [1.165, 1.54) is 10.4 Å². The van der Waals surface area contributed by atoms with Crippen molar-refractivity contribution in [2.45, 2.75) is 52.5 Å². The minimum absolute atomic E-state index is 0.0198. The van der Waals surface area contributed by atoms with E-state index in [9.17, 15) is 4.79 Å². The van der Waals surface area contributed by atoms with Crippen LogP contribution >= 0.6 is 0 Å². The molecule has 3 aromatic rings. The van der Waals surface area contributed by atoms with Crippen LogP contribution in [0.5, 0.6) is 0 Å². The Morgan fingerprint density at radius 1 is 1.07 bits per heavy atom. The molecular weight excluding hydrogens is 350 g/mol. The first-order valence-electron chi connectivity index (χ1n) is 9.74. The van der Waals surface area contributed by atoms with Gasteiger partial charge in [0.15, 0.2) is 0 Å². The molecule has 1 amide bonds. The third kappa shape index (κ3) is 4.63. The number of para-hydroxylation sites is 1. The molecule has 1 heterocycles. The molecule has 0 saturated carbocycles. The lowest BCUT2D eigenvalue weighted by Gasteiger charge is -2.15. The highest BCUT2D eigenvalue weighted by atomic mass is 16.2. The molecule has 0 spiro atoms. The molecule has 0 bridgehead atoms. The third-order valence-electron chi connectivity index (χ3n) is 4.95. The standard InChI is InChI=1S/C22H27N5O/c1-5-16(4)19-8-6-7-9-20(19)23-21(28)14-27-25-22(24-26-27)18-12-10-17(11-13-18)15(2)3/h6-13,15-16H,5,14H2,1-4H3,(H,23,28)/t16-/m0/s1. The maximum Gasteiger partial charge on any atom is 0.248 e. The Hall–Kier alpha value is -3.02. The van der Waals surface area contributed by atoms with Crippen molar-refractivity contribution in [2.75, 3.05) is 5.32 Å². The average molecular weight is 377 g/mol. The van der Waals surface area contributed by atoms with Gasteiger partial charge in [-0.2, -0.15) is 4.80 Å². The maximum atomic E-state index is 12.5. The Morgan fingerprint density at radius 2 is 1.79 bits per heavy atom. The lowest BCUT2D eigenvalue weighted by Crippen LogP contribution is -2.21. The molecular formula is C22H27N5O. The summed E-state index contributed by atoms with van der Waals surface area (Å²) >= 11 is 0. The van der Waals surface area contributed by atoms with Gasteiger partial charge in [-0.25, -0.2) is 0 Å². The maximum absolute atomic E-state index is 12.5. The van der Waals surface area contributed by atoms with Crippen molar-refractivity contribution in [3.63, 3.8) is 0 Å². The number of amides is 1. The van der Waals surface area contributed by atoms with Crippen molar-refractivity contribution in [1.29, 1.82) is 0 Å². The zero-order valence-corrected chi connectivity index (χ0v) is 16.9. The van der Waals surface area contributed by atoms with Crippen LogP contribution in [0.15, 0.2) is 48.5 Å². The summed E-state index contributed by atoms with van der Waals surface area (Å²) in [7, 11) is 0. The zero-order chi connectivity index (χ0) is 20.1. The van der Waals surface area contributed by atoms with Crippen LogP contribution in [0.3, 0.4) is 0 Å². The fraction of sp³-hybridized carbons (Fsp3) is 0.364. The van der Waals surface area contributed by atoms with Crippen LogP contribution < -0.4 is 5.32 Å². The molecule has 6 nitrogen and oxygen atoms in total. The van der Waals surface area contributed by atoms with Crippen molar-refractivity contribution in [3.05, 3.63) is 59.7 Å². The smallest absolute Gasteiger partial charge is 0.248 e. The molecule has 0 unspecified atom stereocenters. The number of carbonyl (C=O) groups excluding carboxylic acids is 1. The number of hydrogen-bond acceptors (Lipinski definition) is 4. The van der Waals surface area contributed by atoms with Gasteiger partial charge >= 0.3 is 0 Å². The van der Waals surface area contributed by atoms with Gasteiger partial charge in [0.05, 0.1) is 0 Å². The Balaban J connectivity index is 1.68. The van der Waals surface area contributed by atoms with E-state index in [0.29, 0.717) is 17.7 Å². The van der Waals surface area contributed by atoms with Crippen LogP contribution in [0.2, 0.25) is 0 Å². The number of hydrogen-bond donors (Lipinski definition) is 1. The molecule has 1 aromatic heterocycles. The number of benzene rings is 2. The van der Waals surface area contributed by atoms with E-state index < -0.39 is 0 Å². The van der Waals surface area contributed by atoms with Crippen molar-refractivity contribution in [1.82, 2.24) is 20.2 Å². The number of nitrogens with zero attached hydrogens (tertiary/aromatic N) is 4. The molecule has 0 radical (unpaired) electrons. The summed E-state index contributed by atoms with van der Waals surface area (Å²) in [5.41, 5.74) is 4.12. The van der Waals surface area contributed by atoms with Crippen molar-refractivity contribution in [3.8, 4) is 11.4 Å². The molecule has 1 N–H and O–H groups in total. The Bertz CT molecular complexity index is 930. The molecule has 0 saturated heterocycles. The van der Waals surface area contributed by atoms with Gasteiger partial charge in [-0.1, -0.05) is 70.2 Å². The summed E-state index contributed by atoms with van der Waals surface area (Å²) in [6, 6.07) is 16.0. The largest absolute Gasteiger partial charge is 0.324 e. The van der Waals surface area contributed by atoms with Crippen LogP contribution in [0.4, 0.5) is 5.69 Å². The fourth-order valence-electron chi connectivity index (χ4n) is 3.02. The van der Waals surface area contributed by atoms with Gasteiger partial charge in [0, 0.05) is 11.3 Å². The van der Waals surface area contributed by atoms with Crippen molar-refractivity contribution >= 4 is 11.6 Å². The molecule has 0 aliphatic heterocycles. The summed E-state index contributed by atoms with van der Waals surface area (Å²) < 4.78 is 0. The number of aromatic nitrogens is 4. The second kappa shape index (κ2) is 8.78. The topological polar surface area (TPSA) is 72.7 Å². The van der Waals surface area contributed by atoms with E-state index >= 15 is 0 Å². The van der Waals surface area contributed by atoms with Gasteiger partial charge < -0.3 is 5.32 Å². The highest BCUT2D eigenvalue weighted by Crippen LogP contribution is 2.26. The second-order valence-corrected chi connectivity index (χ2v) is 7.36. The fourth-order valence-corrected chi connectivity index (χ4v) is 3.02. The average Bonchev–Trinajstić information content (AvgIpc) is 3.16. The molecule has 3 rings (SSSR count).